The summed E-state index contributed by atoms with van der Waals surface area (Å²) in [6.07, 6.45) is 0.546. The van der Waals surface area contributed by atoms with Crippen molar-refractivity contribution in [3.63, 3.8) is 0 Å². The number of nitrogens with one attached hydrogen (secondary N) is 1. The van der Waals surface area contributed by atoms with Crippen molar-refractivity contribution in [2.24, 2.45) is 5.92 Å². The topological polar surface area (TPSA) is 52.1 Å². The van der Waals surface area contributed by atoms with Gasteiger partial charge in [-0.25, -0.2) is 0 Å². The van der Waals surface area contributed by atoms with Gasteiger partial charge in [0.15, 0.2) is 0 Å². The zero-order chi connectivity index (χ0) is 17.4. The molecular formula is C21H25N3O. The Morgan fingerprint density at radius 1 is 1.12 bits per heavy atom. The molecule has 4 heteroatoms. The number of aliphatic hydroxyl groups excluding tert-OH is 1. The number of nitrogens with zero attached hydrogens (tertiary/aromatic N) is 2. The van der Waals surface area contributed by atoms with Crippen molar-refractivity contribution >= 4 is 10.8 Å². The van der Waals surface area contributed by atoms with Gasteiger partial charge in [-0.15, -0.1) is 0 Å². The number of aryl methyl sites for hydroxylation is 2. The minimum Gasteiger partial charge on any atom is -0.391 e. The van der Waals surface area contributed by atoms with Crippen molar-refractivity contribution in [2.45, 2.75) is 32.9 Å². The van der Waals surface area contributed by atoms with Crippen molar-refractivity contribution in [3.05, 3.63) is 65.0 Å². The fourth-order valence-corrected chi connectivity index (χ4v) is 4.03. The SMILES string of the molecule is Cc1cc(C[C@@H]2CN(Cc3cccc4c(C)cccc34)C[C@H]2O)n[nH]1. The first-order chi connectivity index (χ1) is 12.1. The summed E-state index contributed by atoms with van der Waals surface area (Å²) in [7, 11) is 0. The van der Waals surface area contributed by atoms with Gasteiger partial charge in [-0.05, 0) is 48.2 Å². The molecule has 0 radical (unpaired) electrons. The minimum atomic E-state index is -0.284. The molecular weight excluding hydrogens is 310 g/mol. The molecule has 25 heavy (non-hydrogen) atoms. The van der Waals surface area contributed by atoms with E-state index in [1.165, 1.54) is 21.9 Å². The minimum absolute atomic E-state index is 0.249. The molecule has 1 aromatic heterocycles. The molecule has 4 nitrogen and oxygen atoms in total. The third-order valence-corrected chi connectivity index (χ3v) is 5.34. The highest BCUT2D eigenvalue weighted by Gasteiger charge is 2.31. The highest BCUT2D eigenvalue weighted by molar-refractivity contribution is 5.88. The standard InChI is InChI=1S/C21H25N3O/c1-14-5-3-8-20-16(6-4-7-19(14)20)11-24-12-17(21(25)13-24)10-18-9-15(2)22-23-18/h3-9,17,21,25H,10-13H2,1-2H3,(H,22,23)/t17-,21-/m1/s1. The van der Waals surface area contributed by atoms with Gasteiger partial charge in [0.2, 0.25) is 0 Å². The molecule has 0 saturated carbocycles. The molecule has 130 valence electrons. The van der Waals surface area contributed by atoms with Crippen LogP contribution in [-0.2, 0) is 13.0 Å². The molecule has 2 aromatic carbocycles. The number of aromatic amines is 1. The average Bonchev–Trinajstić information content (AvgIpc) is 3.15. The van der Waals surface area contributed by atoms with E-state index in [0.717, 1.165) is 37.4 Å². The number of likely N-dealkylation sites (tertiary alicyclic amines) is 1. The smallest absolute Gasteiger partial charge is 0.0711 e. The maximum absolute atomic E-state index is 10.5. The maximum atomic E-state index is 10.5. The fourth-order valence-electron chi connectivity index (χ4n) is 4.03. The predicted octanol–water partition coefficient (Wildman–Crippen LogP) is 3.22. The second-order valence-corrected chi connectivity index (χ2v) is 7.36. The van der Waals surface area contributed by atoms with Crippen LogP contribution in [0.2, 0.25) is 0 Å². The number of aromatic nitrogens is 2. The zero-order valence-electron chi connectivity index (χ0n) is 14.9. The number of H-pyrrole nitrogens is 1. The van der Waals surface area contributed by atoms with Crippen LogP contribution in [0.5, 0.6) is 0 Å². The highest BCUT2D eigenvalue weighted by atomic mass is 16.3. The van der Waals surface area contributed by atoms with Crippen LogP contribution in [0.25, 0.3) is 10.8 Å². The molecule has 0 amide bonds. The normalized spacial score (nSPS) is 21.2. The lowest BCUT2D eigenvalue weighted by molar-refractivity contribution is 0.140. The summed E-state index contributed by atoms with van der Waals surface area (Å²) in [5.74, 6) is 0.249. The van der Waals surface area contributed by atoms with Crippen molar-refractivity contribution in [2.75, 3.05) is 13.1 Å². The quantitative estimate of drug-likeness (QED) is 0.770. The third-order valence-electron chi connectivity index (χ3n) is 5.34. The summed E-state index contributed by atoms with van der Waals surface area (Å²) >= 11 is 0. The first kappa shape index (κ1) is 16.3. The molecule has 1 aliphatic rings. The summed E-state index contributed by atoms with van der Waals surface area (Å²) in [5.41, 5.74) is 4.77. The monoisotopic (exact) mass is 335 g/mol. The molecule has 0 unspecified atom stereocenters. The van der Waals surface area contributed by atoms with Crippen molar-refractivity contribution in [1.29, 1.82) is 0 Å². The van der Waals surface area contributed by atoms with E-state index in [2.05, 4.69) is 64.5 Å². The number of benzene rings is 2. The van der Waals surface area contributed by atoms with Crippen LogP contribution in [0, 0.1) is 19.8 Å². The van der Waals surface area contributed by atoms with Gasteiger partial charge in [-0.3, -0.25) is 10.00 Å². The molecule has 1 saturated heterocycles. The van der Waals surface area contributed by atoms with Crippen molar-refractivity contribution in [1.82, 2.24) is 15.1 Å². The molecule has 2 N–H and O–H groups in total. The summed E-state index contributed by atoms with van der Waals surface area (Å²) in [6, 6.07) is 15.1. The largest absolute Gasteiger partial charge is 0.391 e. The highest BCUT2D eigenvalue weighted by Crippen LogP contribution is 2.27. The second-order valence-electron chi connectivity index (χ2n) is 7.36. The van der Waals surface area contributed by atoms with Crippen LogP contribution in [0.3, 0.4) is 0 Å². The zero-order valence-corrected chi connectivity index (χ0v) is 14.9. The Bertz CT molecular complexity index is 886. The van der Waals surface area contributed by atoms with Crippen LogP contribution in [0.15, 0.2) is 42.5 Å². The van der Waals surface area contributed by atoms with Crippen molar-refractivity contribution in [3.8, 4) is 0 Å². The Balaban J connectivity index is 1.50. The van der Waals surface area contributed by atoms with E-state index in [4.69, 9.17) is 0 Å². The molecule has 2 heterocycles. The van der Waals surface area contributed by atoms with Gasteiger partial charge in [0, 0.05) is 31.2 Å². The lowest BCUT2D eigenvalue weighted by atomic mass is 10.00. The molecule has 4 rings (SSSR count). The van der Waals surface area contributed by atoms with E-state index in [-0.39, 0.29) is 12.0 Å². The van der Waals surface area contributed by atoms with Gasteiger partial charge in [-0.1, -0.05) is 36.4 Å². The second kappa shape index (κ2) is 6.62. The average molecular weight is 335 g/mol. The molecule has 1 aliphatic heterocycles. The predicted molar refractivity (Wildman–Crippen MR) is 100 cm³/mol. The van der Waals surface area contributed by atoms with E-state index in [1.807, 2.05) is 6.92 Å². The van der Waals surface area contributed by atoms with Crippen LogP contribution in [-0.4, -0.2) is 39.4 Å². The summed E-state index contributed by atoms with van der Waals surface area (Å²) in [4.78, 5) is 2.37. The summed E-state index contributed by atoms with van der Waals surface area (Å²) in [5, 5.41) is 20.4. The van der Waals surface area contributed by atoms with Crippen LogP contribution >= 0.6 is 0 Å². The number of rotatable bonds is 4. The van der Waals surface area contributed by atoms with Gasteiger partial charge in [0.25, 0.3) is 0 Å². The first-order valence-electron chi connectivity index (χ1n) is 8.98. The van der Waals surface area contributed by atoms with E-state index >= 15 is 0 Å². The molecule has 1 fully saturated rings. The first-order valence-corrected chi connectivity index (χ1v) is 8.98. The van der Waals surface area contributed by atoms with E-state index < -0.39 is 0 Å². The van der Waals surface area contributed by atoms with E-state index in [1.54, 1.807) is 0 Å². The molecule has 2 atom stereocenters. The Labute approximate surface area is 148 Å². The molecule has 0 aliphatic carbocycles. The lowest BCUT2D eigenvalue weighted by Crippen LogP contribution is -2.21. The van der Waals surface area contributed by atoms with Gasteiger partial charge < -0.3 is 5.11 Å². The van der Waals surface area contributed by atoms with Gasteiger partial charge >= 0.3 is 0 Å². The molecule has 3 aromatic rings. The van der Waals surface area contributed by atoms with E-state index in [0.29, 0.717) is 0 Å². The Hall–Kier alpha value is -2.17. The van der Waals surface area contributed by atoms with Crippen LogP contribution in [0.4, 0.5) is 0 Å². The molecule has 0 bridgehead atoms. The lowest BCUT2D eigenvalue weighted by Gasteiger charge is -2.17. The Morgan fingerprint density at radius 2 is 1.92 bits per heavy atom. The van der Waals surface area contributed by atoms with Crippen LogP contribution in [0.1, 0.15) is 22.5 Å². The van der Waals surface area contributed by atoms with Gasteiger partial charge in [-0.2, -0.15) is 5.10 Å². The maximum Gasteiger partial charge on any atom is 0.0711 e. The Kier molecular flexibility index (Phi) is 4.32. The third kappa shape index (κ3) is 3.32. The van der Waals surface area contributed by atoms with Gasteiger partial charge in [0.1, 0.15) is 0 Å². The number of hydrogen-bond donors (Lipinski definition) is 2. The number of fused-ring (bicyclic) bond motifs is 1. The fraction of sp³-hybridized carbons (Fsp3) is 0.381. The summed E-state index contributed by atoms with van der Waals surface area (Å²) < 4.78 is 0. The van der Waals surface area contributed by atoms with Crippen molar-refractivity contribution < 1.29 is 5.11 Å². The van der Waals surface area contributed by atoms with E-state index in [9.17, 15) is 5.11 Å². The summed E-state index contributed by atoms with van der Waals surface area (Å²) in [6.45, 7) is 6.70. The Morgan fingerprint density at radius 3 is 2.72 bits per heavy atom. The number of aliphatic hydroxyl groups is 1. The number of hydrogen-bond acceptors (Lipinski definition) is 3. The van der Waals surface area contributed by atoms with Gasteiger partial charge in [0.05, 0.1) is 11.8 Å². The van der Waals surface area contributed by atoms with Crippen LogP contribution < -0.4 is 0 Å². The number of β-amino-alcohol motifs (C(OH)–C–C–N with tert-alkyl or cyclic N) is 1. The molecule has 0 spiro atoms.